The van der Waals surface area contributed by atoms with Crippen molar-refractivity contribution >= 4 is 5.97 Å². The summed E-state index contributed by atoms with van der Waals surface area (Å²) < 4.78 is 5.09. The highest BCUT2D eigenvalue weighted by atomic mass is 16.4. The predicted molar refractivity (Wildman–Crippen MR) is 56.8 cm³/mol. The average Bonchev–Trinajstić information content (AvgIpc) is 2.60. The van der Waals surface area contributed by atoms with Gasteiger partial charge in [-0.15, -0.1) is 0 Å². The number of aromatic carboxylic acids is 1. The van der Waals surface area contributed by atoms with Gasteiger partial charge in [-0.2, -0.15) is 0 Å². The Bertz CT molecular complexity index is 317. The van der Waals surface area contributed by atoms with Gasteiger partial charge in [0.1, 0.15) is 11.3 Å². The smallest absolute Gasteiger partial charge is 0.339 e. The van der Waals surface area contributed by atoms with Crippen LogP contribution in [0.15, 0.2) is 16.7 Å². The molecule has 0 saturated carbocycles. The summed E-state index contributed by atoms with van der Waals surface area (Å²) in [6.07, 6.45) is 2.48. The maximum atomic E-state index is 10.7. The first-order valence-electron chi connectivity index (χ1n) is 5.11. The Morgan fingerprint density at radius 1 is 1.60 bits per heavy atom. The second-order valence-electron chi connectivity index (χ2n) is 3.92. The van der Waals surface area contributed by atoms with E-state index in [1.807, 2.05) is 0 Å². The number of rotatable bonds is 6. The van der Waals surface area contributed by atoms with Crippen LogP contribution in [0.2, 0.25) is 0 Å². The molecule has 1 heterocycles. The average molecular weight is 211 g/mol. The van der Waals surface area contributed by atoms with Gasteiger partial charge >= 0.3 is 5.97 Å². The zero-order valence-corrected chi connectivity index (χ0v) is 9.12. The second kappa shape index (κ2) is 5.56. The molecular weight excluding hydrogens is 194 g/mol. The van der Waals surface area contributed by atoms with Crippen molar-refractivity contribution in [2.75, 3.05) is 6.54 Å². The van der Waals surface area contributed by atoms with Crippen molar-refractivity contribution in [1.29, 1.82) is 0 Å². The number of nitrogens with one attached hydrogen (secondary N) is 1. The summed E-state index contributed by atoms with van der Waals surface area (Å²) in [6.45, 7) is 5.65. The third-order valence-electron chi connectivity index (χ3n) is 2.16. The van der Waals surface area contributed by atoms with Crippen molar-refractivity contribution in [1.82, 2.24) is 5.32 Å². The number of carboxylic acids is 1. The lowest BCUT2D eigenvalue weighted by molar-refractivity contribution is 0.0694. The topological polar surface area (TPSA) is 62.5 Å². The van der Waals surface area contributed by atoms with Gasteiger partial charge in [0.05, 0.1) is 12.8 Å². The Labute approximate surface area is 89.3 Å². The van der Waals surface area contributed by atoms with E-state index in [9.17, 15) is 4.79 Å². The minimum atomic E-state index is -0.940. The summed E-state index contributed by atoms with van der Waals surface area (Å²) in [5.41, 5.74) is 0.243. The SMILES string of the molecule is CC(C)CCNCc1occc1C(=O)O. The Morgan fingerprint density at radius 2 is 2.33 bits per heavy atom. The number of furan rings is 1. The van der Waals surface area contributed by atoms with Gasteiger partial charge in [-0.1, -0.05) is 13.8 Å². The van der Waals surface area contributed by atoms with E-state index in [1.54, 1.807) is 0 Å². The molecule has 4 heteroatoms. The zero-order chi connectivity index (χ0) is 11.3. The summed E-state index contributed by atoms with van der Waals surface area (Å²) in [7, 11) is 0. The lowest BCUT2D eigenvalue weighted by Gasteiger charge is -2.05. The molecule has 4 nitrogen and oxygen atoms in total. The van der Waals surface area contributed by atoms with E-state index in [1.165, 1.54) is 12.3 Å². The summed E-state index contributed by atoms with van der Waals surface area (Å²) in [5.74, 6) is 0.198. The lowest BCUT2D eigenvalue weighted by atomic mass is 10.1. The van der Waals surface area contributed by atoms with Crippen LogP contribution in [-0.2, 0) is 6.54 Å². The van der Waals surface area contributed by atoms with Crippen molar-refractivity contribution < 1.29 is 14.3 Å². The minimum Gasteiger partial charge on any atom is -0.478 e. The van der Waals surface area contributed by atoms with Gasteiger partial charge in [0.25, 0.3) is 0 Å². The van der Waals surface area contributed by atoms with Crippen LogP contribution >= 0.6 is 0 Å². The van der Waals surface area contributed by atoms with Gasteiger partial charge in [-0.05, 0) is 24.9 Å². The first kappa shape index (κ1) is 11.8. The maximum absolute atomic E-state index is 10.7. The van der Waals surface area contributed by atoms with E-state index >= 15 is 0 Å². The van der Waals surface area contributed by atoms with E-state index in [-0.39, 0.29) is 5.56 Å². The quantitative estimate of drug-likeness (QED) is 0.707. The Hall–Kier alpha value is -1.29. The molecule has 0 radical (unpaired) electrons. The molecule has 0 aromatic carbocycles. The molecule has 0 atom stereocenters. The van der Waals surface area contributed by atoms with Crippen LogP contribution in [-0.4, -0.2) is 17.6 Å². The van der Waals surface area contributed by atoms with Crippen LogP contribution in [0.25, 0.3) is 0 Å². The highest BCUT2D eigenvalue weighted by Crippen LogP contribution is 2.10. The molecule has 1 aromatic rings. The van der Waals surface area contributed by atoms with Crippen LogP contribution in [0.4, 0.5) is 0 Å². The molecule has 0 bridgehead atoms. The van der Waals surface area contributed by atoms with Crippen molar-refractivity contribution in [2.24, 2.45) is 5.92 Å². The lowest BCUT2D eigenvalue weighted by Crippen LogP contribution is -2.17. The van der Waals surface area contributed by atoms with Gasteiger partial charge in [-0.3, -0.25) is 0 Å². The van der Waals surface area contributed by atoms with E-state index < -0.39 is 5.97 Å². The molecular formula is C11H17NO3. The van der Waals surface area contributed by atoms with Gasteiger partial charge in [0.15, 0.2) is 0 Å². The van der Waals surface area contributed by atoms with E-state index in [0.29, 0.717) is 18.2 Å². The third kappa shape index (κ3) is 3.75. The summed E-state index contributed by atoms with van der Waals surface area (Å²) >= 11 is 0. The van der Waals surface area contributed by atoms with Crippen molar-refractivity contribution in [3.8, 4) is 0 Å². The summed E-state index contributed by atoms with van der Waals surface area (Å²) in [5, 5.41) is 12.0. The molecule has 0 aliphatic carbocycles. The highest BCUT2D eigenvalue weighted by Gasteiger charge is 2.12. The van der Waals surface area contributed by atoms with Crippen molar-refractivity contribution in [3.05, 3.63) is 23.7 Å². The summed E-state index contributed by atoms with van der Waals surface area (Å²) in [4.78, 5) is 10.7. The van der Waals surface area contributed by atoms with Crippen LogP contribution in [0.1, 0.15) is 36.4 Å². The maximum Gasteiger partial charge on any atom is 0.339 e. The normalized spacial score (nSPS) is 10.9. The second-order valence-corrected chi connectivity index (χ2v) is 3.92. The monoisotopic (exact) mass is 211 g/mol. The molecule has 1 aromatic heterocycles. The summed E-state index contributed by atoms with van der Waals surface area (Å²) in [6, 6.07) is 1.47. The van der Waals surface area contributed by atoms with Gasteiger partial charge < -0.3 is 14.8 Å². The fourth-order valence-corrected chi connectivity index (χ4v) is 1.26. The molecule has 15 heavy (non-hydrogen) atoms. The van der Waals surface area contributed by atoms with Gasteiger partial charge in [0.2, 0.25) is 0 Å². The van der Waals surface area contributed by atoms with Crippen LogP contribution < -0.4 is 5.32 Å². The van der Waals surface area contributed by atoms with Crippen LogP contribution in [0, 0.1) is 5.92 Å². The van der Waals surface area contributed by atoms with Gasteiger partial charge in [-0.25, -0.2) is 4.79 Å². The fourth-order valence-electron chi connectivity index (χ4n) is 1.26. The first-order chi connectivity index (χ1) is 7.11. The standard InChI is InChI=1S/C11H17NO3/c1-8(2)3-5-12-7-10-9(11(13)14)4-6-15-10/h4,6,8,12H,3,5,7H2,1-2H3,(H,13,14). The number of hydrogen-bond donors (Lipinski definition) is 2. The number of hydrogen-bond acceptors (Lipinski definition) is 3. The number of carboxylic acid groups (broad SMARTS) is 1. The van der Waals surface area contributed by atoms with Crippen LogP contribution in [0.3, 0.4) is 0 Å². The molecule has 0 spiro atoms. The molecule has 0 fully saturated rings. The fraction of sp³-hybridized carbons (Fsp3) is 0.545. The van der Waals surface area contributed by atoms with E-state index in [0.717, 1.165) is 13.0 Å². The molecule has 0 saturated heterocycles. The van der Waals surface area contributed by atoms with Crippen LogP contribution in [0.5, 0.6) is 0 Å². The molecule has 2 N–H and O–H groups in total. The molecule has 0 aliphatic rings. The molecule has 0 amide bonds. The van der Waals surface area contributed by atoms with Crippen molar-refractivity contribution in [3.63, 3.8) is 0 Å². The van der Waals surface area contributed by atoms with Gasteiger partial charge in [0, 0.05) is 0 Å². The molecule has 0 aliphatic heterocycles. The van der Waals surface area contributed by atoms with E-state index in [4.69, 9.17) is 9.52 Å². The first-order valence-corrected chi connectivity index (χ1v) is 5.11. The zero-order valence-electron chi connectivity index (χ0n) is 9.12. The highest BCUT2D eigenvalue weighted by molar-refractivity contribution is 5.88. The predicted octanol–water partition coefficient (Wildman–Crippen LogP) is 2.11. The molecule has 84 valence electrons. The Balaban J connectivity index is 2.37. The number of carbonyl (C=O) groups is 1. The largest absolute Gasteiger partial charge is 0.478 e. The van der Waals surface area contributed by atoms with Crippen molar-refractivity contribution in [2.45, 2.75) is 26.8 Å². The Kier molecular flexibility index (Phi) is 4.37. The minimum absolute atomic E-state index is 0.243. The Morgan fingerprint density at radius 3 is 2.93 bits per heavy atom. The third-order valence-corrected chi connectivity index (χ3v) is 2.16. The molecule has 1 rings (SSSR count). The molecule has 0 unspecified atom stereocenters. The van der Waals surface area contributed by atoms with E-state index in [2.05, 4.69) is 19.2 Å².